The molecule has 34 nitrogen and oxygen atoms in total. The minimum Gasteiger partial charge on any atom is -0.458 e. The van der Waals surface area contributed by atoms with Gasteiger partial charge in [-0.2, -0.15) is 16.8 Å². The second-order valence-electron chi connectivity index (χ2n) is 48.0. The lowest BCUT2D eigenvalue weighted by Gasteiger charge is -2.62. The smallest absolute Gasteiger partial charge is 0.344 e. The number of esters is 13. The topological polar surface area (TPSA) is 447 Å². The molecule has 0 spiro atoms. The number of ether oxygens (including phenoxy) is 15. The summed E-state index contributed by atoms with van der Waals surface area (Å²) in [6.45, 7) is 46.6. The van der Waals surface area contributed by atoms with E-state index in [1.807, 2.05) is 48.5 Å². The number of carbonyl (C=O) groups is 13. The van der Waals surface area contributed by atoms with Crippen LogP contribution < -0.4 is 0 Å². The monoisotopic (exact) mass is 2040 g/mol. The van der Waals surface area contributed by atoms with Crippen molar-refractivity contribution in [2.45, 2.75) is 379 Å². The summed E-state index contributed by atoms with van der Waals surface area (Å²) in [7, 11) is -7.05. The Morgan fingerprint density at radius 3 is 1.06 bits per heavy atom. The molecule has 16 aliphatic carbocycles. The van der Waals surface area contributed by atoms with Gasteiger partial charge in [0.1, 0.15) is 53.4 Å². The Morgan fingerprint density at radius 2 is 0.692 bits per heavy atom. The van der Waals surface area contributed by atoms with Gasteiger partial charge in [-0.25, -0.2) is 38.4 Å². The highest BCUT2D eigenvalue weighted by Gasteiger charge is 2.71. The summed E-state index contributed by atoms with van der Waals surface area (Å²) in [5.41, 5.74) is -1.07. The average molecular weight is 2050 g/mol. The Bertz CT molecular complexity index is 5120. The third-order valence-electron chi connectivity index (χ3n) is 36.7. The highest BCUT2D eigenvalue weighted by atomic mass is 32.2. The van der Waals surface area contributed by atoms with Crippen molar-refractivity contribution in [3.8, 4) is 0 Å². The molecule has 8 aliphatic heterocycles. The third kappa shape index (κ3) is 21.6. The van der Waals surface area contributed by atoms with E-state index in [1.54, 1.807) is 27.7 Å². The fourth-order valence-corrected chi connectivity index (χ4v) is 32.3. The quantitative estimate of drug-likeness (QED) is 0.0319. The van der Waals surface area contributed by atoms with Crippen molar-refractivity contribution in [2.75, 3.05) is 26.4 Å². The maximum absolute atomic E-state index is 12.8. The second kappa shape index (κ2) is 41.7. The summed E-state index contributed by atoms with van der Waals surface area (Å²) < 4.78 is 138. The Labute approximate surface area is 840 Å². The summed E-state index contributed by atoms with van der Waals surface area (Å²) in [5, 5.41) is -0.903. The fourth-order valence-electron chi connectivity index (χ4n) is 28.6. The number of hydrogen-bond donors (Lipinski definition) is 0. The maximum Gasteiger partial charge on any atom is 0.344 e. The van der Waals surface area contributed by atoms with Crippen molar-refractivity contribution in [2.24, 2.45) is 135 Å². The molecule has 20 unspecified atom stereocenters. The summed E-state index contributed by atoms with van der Waals surface area (Å²) >= 11 is 0. The van der Waals surface area contributed by atoms with Crippen LogP contribution in [-0.4, -0.2) is 221 Å². The SMILES string of the molecule is C=C(C)C(=O)OC1(C(C)C)C2CC3CC(C2)CC1C3.C=C(C)C(=O)OC1C2CC3C(=O)OC1C3O2.C=C(C)C(=O)OCC(=O)OC1C2CC3C1OS(=O)(=O)C3C2.C=C(C)C(=O)OCC(=O)OCC(=O)OC1(C)C2CC3CC(C2)CC1C3.CCC(C)(C)C(=O)OC1(C(C)C)C2CC3CC(C2)CC1C3.CCC(C)(C)C(=O)OC1C2CC3C(=O)OC1C3O2.CCC(C)(C)C(=O)OCC(=O)OC1C2CC3C1OS(=O)(=O)C3C2. The molecular weight excluding hydrogens is 1890 g/mol. The Hall–Kier alpha value is -8.19. The molecule has 0 radical (unpaired) electrons. The summed E-state index contributed by atoms with van der Waals surface area (Å²) in [5.74, 6) is 3.09. The van der Waals surface area contributed by atoms with Crippen LogP contribution in [0.2, 0.25) is 0 Å². The van der Waals surface area contributed by atoms with Crippen LogP contribution in [0.3, 0.4) is 0 Å². The van der Waals surface area contributed by atoms with Gasteiger partial charge in [0.25, 0.3) is 20.2 Å². The lowest BCUT2D eigenvalue weighted by molar-refractivity contribution is -0.231. The molecule has 143 heavy (non-hydrogen) atoms. The van der Waals surface area contributed by atoms with Crippen molar-refractivity contribution < 1.29 is 159 Å². The van der Waals surface area contributed by atoms with Crippen LogP contribution in [0.1, 0.15) is 279 Å². The van der Waals surface area contributed by atoms with Gasteiger partial charge in [-0.1, -0.05) is 74.8 Å². The zero-order valence-corrected chi connectivity index (χ0v) is 88.1. The lowest BCUT2D eigenvalue weighted by atomic mass is 9.47. The molecule has 36 heteroatoms. The van der Waals surface area contributed by atoms with Gasteiger partial charge in [-0.05, 0) is 313 Å². The van der Waals surface area contributed by atoms with Gasteiger partial charge in [-0.15, -0.1) is 0 Å². The number of rotatable bonds is 27. The summed E-state index contributed by atoms with van der Waals surface area (Å²) in [4.78, 5) is 153. The Morgan fingerprint density at radius 1 is 0.357 bits per heavy atom. The molecule has 0 aromatic rings. The van der Waals surface area contributed by atoms with E-state index < -0.39 is 170 Å². The fraction of sp³-hybridized carbons (Fsp3) is 0.804. The van der Waals surface area contributed by atoms with Crippen LogP contribution >= 0.6 is 0 Å². The van der Waals surface area contributed by atoms with Crippen LogP contribution in [0.5, 0.6) is 0 Å². The van der Waals surface area contributed by atoms with Crippen LogP contribution in [0, 0.1) is 135 Å². The molecule has 20 atom stereocenters. The van der Waals surface area contributed by atoms with E-state index in [2.05, 4.69) is 65.7 Å². The zero-order valence-electron chi connectivity index (χ0n) is 86.5. The molecule has 24 rings (SSSR count). The molecule has 8 saturated heterocycles. The second-order valence-corrected chi connectivity index (χ2v) is 51.5. The summed E-state index contributed by atoms with van der Waals surface area (Å²) in [6, 6.07) is 0. The van der Waals surface area contributed by atoms with Crippen molar-refractivity contribution in [3.05, 3.63) is 48.6 Å². The first-order valence-electron chi connectivity index (χ1n) is 52.3. The van der Waals surface area contributed by atoms with E-state index in [0.29, 0.717) is 110 Å². The lowest BCUT2D eigenvalue weighted by Crippen LogP contribution is -2.63. The van der Waals surface area contributed by atoms with E-state index in [0.717, 1.165) is 67.6 Å². The minimum atomic E-state index is -3.53. The maximum atomic E-state index is 12.8. The molecule has 796 valence electrons. The number of hydrogen-bond acceptors (Lipinski definition) is 34. The molecular formula is C107H152O34S2. The van der Waals surface area contributed by atoms with Crippen LogP contribution in [0.15, 0.2) is 48.6 Å². The van der Waals surface area contributed by atoms with Crippen LogP contribution in [0.4, 0.5) is 0 Å². The van der Waals surface area contributed by atoms with E-state index in [-0.39, 0.29) is 118 Å². The molecule has 0 N–H and O–H groups in total. The van der Waals surface area contributed by atoms with E-state index in [9.17, 15) is 79.2 Å². The first-order chi connectivity index (χ1) is 67.0. The van der Waals surface area contributed by atoms with Gasteiger partial charge >= 0.3 is 77.6 Å². The first kappa shape index (κ1) is 109. The van der Waals surface area contributed by atoms with Gasteiger partial charge in [0.05, 0.1) is 50.8 Å². The molecule has 16 saturated carbocycles. The highest BCUT2D eigenvalue weighted by molar-refractivity contribution is 7.88. The molecule has 0 aromatic heterocycles. The minimum absolute atomic E-state index is 0.00284. The van der Waals surface area contributed by atoms with E-state index in [1.165, 1.54) is 84.5 Å². The molecule has 20 bridgehead atoms. The van der Waals surface area contributed by atoms with Gasteiger partial charge in [0.15, 0.2) is 50.8 Å². The van der Waals surface area contributed by atoms with E-state index >= 15 is 0 Å². The normalized spacial score (nSPS) is 39.6. The van der Waals surface area contributed by atoms with Crippen LogP contribution in [0.25, 0.3) is 0 Å². The molecule has 0 aromatic carbocycles. The predicted molar refractivity (Wildman–Crippen MR) is 509 cm³/mol. The van der Waals surface area contributed by atoms with Crippen molar-refractivity contribution in [1.29, 1.82) is 0 Å². The Balaban J connectivity index is 0.000000126. The van der Waals surface area contributed by atoms with Gasteiger partial charge in [0.2, 0.25) is 0 Å². The molecule has 24 aliphatic rings. The summed E-state index contributed by atoms with van der Waals surface area (Å²) in [6.07, 6.45) is 19.9. The molecule has 0 amide bonds. The van der Waals surface area contributed by atoms with Crippen LogP contribution in [-0.2, 0) is 162 Å². The zero-order chi connectivity index (χ0) is 104. The van der Waals surface area contributed by atoms with Gasteiger partial charge in [-0.3, -0.25) is 32.3 Å². The van der Waals surface area contributed by atoms with Crippen molar-refractivity contribution in [3.63, 3.8) is 0 Å². The van der Waals surface area contributed by atoms with Crippen molar-refractivity contribution >= 4 is 97.8 Å². The predicted octanol–water partition coefficient (Wildman–Crippen LogP) is 13.6. The molecule has 8 heterocycles. The largest absolute Gasteiger partial charge is 0.458 e. The van der Waals surface area contributed by atoms with E-state index in [4.69, 9.17) is 74.7 Å². The van der Waals surface area contributed by atoms with Gasteiger partial charge in [0, 0.05) is 46.0 Å². The first-order valence-corrected chi connectivity index (χ1v) is 55.3. The third-order valence-corrected chi connectivity index (χ3v) is 40.2. The molecule has 24 fully saturated rings. The van der Waals surface area contributed by atoms with Crippen molar-refractivity contribution in [1.82, 2.24) is 0 Å². The highest BCUT2D eigenvalue weighted by Crippen LogP contribution is 2.66. The van der Waals surface area contributed by atoms with Gasteiger partial charge < -0.3 is 71.1 Å². The Kier molecular flexibility index (Phi) is 31.8. The average Bonchev–Trinajstić information content (AvgIpc) is 1.64. The standard InChI is InChI=1S/C19H26O6.C19H32O2.C17H26O2.C15H22O7S.C13H16O7S.C13H18O5.C11H12O5/c1-11(2)18(22)24-9-16(20)23-10-17(21)25-19(3)14-5-12-4-13(7-14)8-15(19)6-12;1-6-18(4,5)17(20)21-19(12(2)3)15-8-13-7-14(10-15)11-16(19)9-13;1-10(2)16(18)19-17(11(3)4)14-6-12-5-13(8-14)9-15(17)7-12;1-4-15(2,3)14(17)20-7-11(16)21-12-8-5-9-10(6-8)23(18,19)22-13(9)12;1-6(2)13(15)18-5-10(14)19-11-7-3-8-9(4-7)21(16,17)20-12(8)11;1-4-13(2,3)12(15)18-9-7-5-6-8(16-7)10(9)17-11(6)14;1-4(2)10(12)15-8-6-3-5-7(14-6)9(8)16-11(5)13/h12-15H,1,4-10H2,2-3H3;12-16H,6-11H2,1-5H3;11-15H,1,5-9H2,2-4H3;8-10,12-13H,4-7H2,1-3H3;7-9,11-12H,1,3-5H2,2H3;6-10H,4-5H2,1-3H3;5-9H,1,3H2,2H3. The number of carbonyl (C=O) groups excluding carboxylic acids is 13. The number of fused-ring (bicyclic) bond motifs is 4.